The Hall–Kier alpha value is -1.98. The molecule has 1 aromatic carbocycles. The summed E-state index contributed by atoms with van der Waals surface area (Å²) in [6.07, 6.45) is 1.92. The third-order valence-electron chi connectivity index (χ3n) is 2.86. The third-order valence-corrected chi connectivity index (χ3v) is 3.96. The summed E-state index contributed by atoms with van der Waals surface area (Å²) in [6.45, 7) is 0.495. The minimum Gasteiger partial charge on any atom is -0.326 e. The lowest BCUT2D eigenvalue weighted by atomic mass is 10.1. The van der Waals surface area contributed by atoms with Crippen molar-refractivity contribution < 1.29 is 0 Å². The van der Waals surface area contributed by atoms with E-state index in [0.717, 1.165) is 26.8 Å². The van der Waals surface area contributed by atoms with Gasteiger partial charge in [-0.25, -0.2) is 4.98 Å². The first-order valence-corrected chi connectivity index (χ1v) is 6.85. The van der Waals surface area contributed by atoms with Gasteiger partial charge in [-0.1, -0.05) is 30.3 Å². The molecule has 4 nitrogen and oxygen atoms in total. The van der Waals surface area contributed by atoms with Crippen molar-refractivity contribution in [1.82, 2.24) is 14.8 Å². The van der Waals surface area contributed by atoms with Crippen LogP contribution in [0.5, 0.6) is 0 Å². The van der Waals surface area contributed by atoms with Crippen molar-refractivity contribution in [3.05, 3.63) is 47.5 Å². The topological polar surface area (TPSA) is 56.7 Å². The number of nitrogens with two attached hydrogens (primary N) is 1. The molecule has 19 heavy (non-hydrogen) atoms. The van der Waals surface area contributed by atoms with Crippen molar-refractivity contribution in [2.45, 2.75) is 6.54 Å². The van der Waals surface area contributed by atoms with Gasteiger partial charge in [0.05, 0.1) is 5.69 Å². The molecule has 0 unspecified atom stereocenters. The van der Waals surface area contributed by atoms with Gasteiger partial charge in [0.2, 0.25) is 0 Å². The summed E-state index contributed by atoms with van der Waals surface area (Å²) in [4.78, 5) is 5.79. The van der Waals surface area contributed by atoms with Crippen LogP contribution >= 0.6 is 11.3 Å². The van der Waals surface area contributed by atoms with Crippen LogP contribution in [0.1, 0.15) is 4.88 Å². The predicted octanol–water partition coefficient (Wildman–Crippen LogP) is 2.67. The summed E-state index contributed by atoms with van der Waals surface area (Å²) in [5, 5.41) is 5.30. The number of hydrogen-bond donors (Lipinski definition) is 1. The molecule has 2 N–H and O–H groups in total. The van der Waals surface area contributed by atoms with E-state index in [4.69, 9.17) is 10.7 Å². The molecule has 0 fully saturated rings. The Morgan fingerprint density at radius 2 is 2.00 bits per heavy atom. The monoisotopic (exact) mass is 270 g/mol. The smallest absolute Gasteiger partial charge is 0.144 e. The normalized spacial score (nSPS) is 10.8. The van der Waals surface area contributed by atoms with Crippen molar-refractivity contribution in [3.8, 4) is 22.0 Å². The number of benzene rings is 1. The second-order valence-corrected chi connectivity index (χ2v) is 5.32. The Morgan fingerprint density at radius 1 is 1.21 bits per heavy atom. The molecule has 3 aromatic rings. The predicted molar refractivity (Wildman–Crippen MR) is 77.6 cm³/mol. The van der Waals surface area contributed by atoms with Crippen molar-refractivity contribution in [1.29, 1.82) is 0 Å². The molecule has 0 aliphatic carbocycles. The first-order chi connectivity index (χ1) is 9.28. The number of aromatic nitrogens is 3. The highest BCUT2D eigenvalue weighted by Crippen LogP contribution is 2.32. The second-order valence-electron chi connectivity index (χ2n) is 4.24. The lowest BCUT2D eigenvalue weighted by Crippen LogP contribution is -1.95. The molecule has 0 amide bonds. The van der Waals surface area contributed by atoms with Crippen molar-refractivity contribution in [2.75, 3.05) is 0 Å². The van der Waals surface area contributed by atoms with Gasteiger partial charge in [0, 0.05) is 30.2 Å². The largest absolute Gasteiger partial charge is 0.326 e. The molecule has 0 atom stereocenters. The average Bonchev–Trinajstić information content (AvgIpc) is 3.05. The second kappa shape index (κ2) is 4.95. The van der Waals surface area contributed by atoms with E-state index < -0.39 is 0 Å². The van der Waals surface area contributed by atoms with Gasteiger partial charge in [-0.2, -0.15) is 5.10 Å². The zero-order chi connectivity index (χ0) is 13.2. The Bertz CT molecular complexity index is 685. The molecular weight excluding hydrogens is 256 g/mol. The Labute approximate surface area is 115 Å². The van der Waals surface area contributed by atoms with Crippen LogP contribution < -0.4 is 5.73 Å². The first-order valence-electron chi connectivity index (χ1n) is 6.03. The summed E-state index contributed by atoms with van der Waals surface area (Å²) in [5.74, 6) is 0. The van der Waals surface area contributed by atoms with Crippen LogP contribution in [0.2, 0.25) is 0 Å². The zero-order valence-electron chi connectivity index (χ0n) is 10.6. The fraction of sp³-hybridized carbons (Fsp3) is 0.143. The minimum absolute atomic E-state index is 0.495. The molecule has 5 heteroatoms. The highest BCUT2D eigenvalue weighted by Gasteiger charge is 2.14. The number of hydrogen-bond acceptors (Lipinski definition) is 4. The molecule has 0 bridgehead atoms. The summed E-state index contributed by atoms with van der Waals surface area (Å²) in [6, 6.07) is 12.1. The maximum absolute atomic E-state index is 5.83. The summed E-state index contributed by atoms with van der Waals surface area (Å²) >= 11 is 1.61. The minimum atomic E-state index is 0.495. The molecule has 0 saturated carbocycles. The van der Waals surface area contributed by atoms with E-state index in [0.29, 0.717) is 6.54 Å². The van der Waals surface area contributed by atoms with Gasteiger partial charge in [0.1, 0.15) is 10.7 Å². The number of rotatable bonds is 3. The summed E-state index contributed by atoms with van der Waals surface area (Å²) in [5.41, 5.74) is 8.79. The molecule has 0 aliphatic rings. The number of aryl methyl sites for hydroxylation is 1. The van der Waals surface area contributed by atoms with Gasteiger partial charge in [-0.15, -0.1) is 11.3 Å². The van der Waals surface area contributed by atoms with Gasteiger partial charge in [-0.3, -0.25) is 4.68 Å². The molecule has 0 aliphatic heterocycles. The molecule has 0 saturated heterocycles. The highest BCUT2D eigenvalue weighted by molar-refractivity contribution is 7.15. The van der Waals surface area contributed by atoms with Crippen LogP contribution in [0.25, 0.3) is 22.0 Å². The maximum Gasteiger partial charge on any atom is 0.144 e. The fourth-order valence-corrected chi connectivity index (χ4v) is 2.88. The van der Waals surface area contributed by atoms with Gasteiger partial charge < -0.3 is 5.73 Å². The third kappa shape index (κ3) is 2.30. The van der Waals surface area contributed by atoms with E-state index in [1.807, 2.05) is 37.5 Å². The Balaban J connectivity index is 2.09. The van der Waals surface area contributed by atoms with Gasteiger partial charge in [0.25, 0.3) is 0 Å². The maximum atomic E-state index is 5.83. The number of nitrogens with zero attached hydrogens (tertiary/aromatic N) is 3. The summed E-state index contributed by atoms with van der Waals surface area (Å²) < 4.78 is 1.78. The standard InChI is InChI=1S/C14H14N4S/c1-18-8-7-11(17-18)14-16-13(12(9-15)19-14)10-5-3-2-4-6-10/h2-8H,9,15H2,1H3. The van der Waals surface area contributed by atoms with Gasteiger partial charge in [-0.05, 0) is 6.07 Å². The molecule has 2 heterocycles. The van der Waals surface area contributed by atoms with Gasteiger partial charge in [0.15, 0.2) is 0 Å². The molecule has 2 aromatic heterocycles. The average molecular weight is 270 g/mol. The van der Waals surface area contributed by atoms with Crippen LogP contribution in [0, 0.1) is 0 Å². The molecule has 0 radical (unpaired) electrons. The van der Waals surface area contributed by atoms with Crippen molar-refractivity contribution in [3.63, 3.8) is 0 Å². The van der Waals surface area contributed by atoms with Crippen molar-refractivity contribution >= 4 is 11.3 Å². The highest BCUT2D eigenvalue weighted by atomic mass is 32.1. The van der Waals surface area contributed by atoms with E-state index in [-0.39, 0.29) is 0 Å². The van der Waals surface area contributed by atoms with Crippen LogP contribution in [0.3, 0.4) is 0 Å². The zero-order valence-corrected chi connectivity index (χ0v) is 11.4. The van der Waals surface area contributed by atoms with E-state index in [1.54, 1.807) is 16.0 Å². The molecule has 3 rings (SSSR count). The Kier molecular flexibility index (Phi) is 3.15. The van der Waals surface area contributed by atoms with Crippen LogP contribution in [-0.4, -0.2) is 14.8 Å². The van der Waals surface area contributed by atoms with E-state index in [9.17, 15) is 0 Å². The Morgan fingerprint density at radius 3 is 2.63 bits per heavy atom. The lowest BCUT2D eigenvalue weighted by molar-refractivity contribution is 0.770. The summed E-state index contributed by atoms with van der Waals surface area (Å²) in [7, 11) is 1.90. The van der Waals surface area contributed by atoms with Crippen LogP contribution in [0.4, 0.5) is 0 Å². The number of thiazole rings is 1. The van der Waals surface area contributed by atoms with Crippen molar-refractivity contribution in [2.24, 2.45) is 12.8 Å². The van der Waals surface area contributed by atoms with E-state index >= 15 is 0 Å². The molecule has 96 valence electrons. The molecular formula is C14H14N4S. The molecule has 0 spiro atoms. The van der Waals surface area contributed by atoms with E-state index in [2.05, 4.69) is 17.2 Å². The first kappa shape index (κ1) is 12.1. The van der Waals surface area contributed by atoms with Crippen LogP contribution in [0.15, 0.2) is 42.6 Å². The fourth-order valence-electron chi connectivity index (χ4n) is 1.95. The quantitative estimate of drug-likeness (QED) is 0.796. The SMILES string of the molecule is Cn1ccc(-c2nc(-c3ccccc3)c(CN)s2)n1. The van der Waals surface area contributed by atoms with E-state index in [1.165, 1.54) is 0 Å². The van der Waals surface area contributed by atoms with Crippen LogP contribution in [-0.2, 0) is 13.6 Å². The lowest BCUT2D eigenvalue weighted by Gasteiger charge is -1.98. The van der Waals surface area contributed by atoms with Gasteiger partial charge >= 0.3 is 0 Å².